The van der Waals surface area contributed by atoms with Crippen LogP contribution < -0.4 is 5.32 Å². The Hall–Kier alpha value is -1.12. The summed E-state index contributed by atoms with van der Waals surface area (Å²) in [6, 6.07) is 8.86. The van der Waals surface area contributed by atoms with Gasteiger partial charge in [0.2, 0.25) is 0 Å². The highest BCUT2D eigenvalue weighted by Gasteiger charge is 2.06. The third-order valence-electron chi connectivity index (χ3n) is 3.19. The fourth-order valence-electron chi connectivity index (χ4n) is 1.94. The Morgan fingerprint density at radius 3 is 2.82 bits per heavy atom. The van der Waals surface area contributed by atoms with Crippen molar-refractivity contribution in [2.75, 3.05) is 13.6 Å². The molecule has 0 aliphatic rings. The molecule has 1 heterocycles. The summed E-state index contributed by atoms with van der Waals surface area (Å²) >= 11 is 1.85. The minimum Gasteiger partial charge on any atom is -0.319 e. The number of hydrogen-bond donors (Lipinski definition) is 1. The third-order valence-corrected chi connectivity index (χ3v) is 4.20. The molecule has 17 heavy (non-hydrogen) atoms. The molecule has 1 aromatic heterocycles. The Morgan fingerprint density at radius 1 is 1.24 bits per heavy atom. The van der Waals surface area contributed by atoms with Gasteiger partial charge in [0.15, 0.2) is 0 Å². The smallest absolute Gasteiger partial charge is 0.0348 e. The summed E-state index contributed by atoms with van der Waals surface area (Å²) in [6.45, 7) is 5.43. The molecule has 0 saturated heterocycles. The first-order chi connectivity index (χ1) is 8.22. The minimum atomic E-state index is 1.04. The van der Waals surface area contributed by atoms with E-state index in [9.17, 15) is 0 Å². The average molecular weight is 245 g/mol. The van der Waals surface area contributed by atoms with Crippen LogP contribution >= 0.6 is 11.3 Å². The number of likely N-dealkylation sites (N-methyl/N-ethyl adjacent to an activating group) is 1. The molecule has 0 spiro atoms. The summed E-state index contributed by atoms with van der Waals surface area (Å²) in [5, 5.41) is 5.46. The Bertz CT molecular complexity index is 499. The van der Waals surface area contributed by atoms with Gasteiger partial charge in [-0.15, -0.1) is 11.3 Å². The van der Waals surface area contributed by atoms with Gasteiger partial charge in [0.1, 0.15) is 0 Å². The lowest BCUT2D eigenvalue weighted by atomic mass is 10.0. The van der Waals surface area contributed by atoms with Crippen LogP contribution in [0.15, 0.2) is 29.6 Å². The van der Waals surface area contributed by atoms with Gasteiger partial charge in [-0.1, -0.05) is 18.2 Å². The highest BCUT2D eigenvalue weighted by Crippen LogP contribution is 2.31. The van der Waals surface area contributed by atoms with E-state index >= 15 is 0 Å². The van der Waals surface area contributed by atoms with Crippen LogP contribution in [0.2, 0.25) is 0 Å². The lowest BCUT2D eigenvalue weighted by molar-refractivity contribution is 0.793. The lowest BCUT2D eigenvalue weighted by Crippen LogP contribution is -2.09. The summed E-state index contributed by atoms with van der Waals surface area (Å²) in [5.41, 5.74) is 5.58. The second kappa shape index (κ2) is 5.48. The molecule has 0 amide bonds. The Balaban J connectivity index is 2.27. The Morgan fingerprint density at radius 2 is 2.06 bits per heavy atom. The number of nitrogens with one attached hydrogen (secondary N) is 1. The van der Waals surface area contributed by atoms with Crippen molar-refractivity contribution in [3.8, 4) is 10.4 Å². The van der Waals surface area contributed by atoms with Crippen LogP contribution in [0.25, 0.3) is 10.4 Å². The highest BCUT2D eigenvalue weighted by atomic mass is 32.1. The summed E-state index contributed by atoms with van der Waals surface area (Å²) in [5.74, 6) is 0. The molecule has 0 aliphatic carbocycles. The van der Waals surface area contributed by atoms with Gasteiger partial charge in [0.25, 0.3) is 0 Å². The fourth-order valence-corrected chi connectivity index (χ4v) is 2.97. The molecule has 90 valence electrons. The monoisotopic (exact) mass is 245 g/mol. The molecule has 0 bridgehead atoms. The number of aryl methyl sites for hydroxylation is 1. The van der Waals surface area contributed by atoms with Crippen LogP contribution in [0.3, 0.4) is 0 Å². The molecular formula is C15H19NS. The van der Waals surface area contributed by atoms with E-state index in [1.165, 1.54) is 27.1 Å². The molecule has 2 heteroatoms. The molecule has 0 fully saturated rings. The number of hydrogen-bond acceptors (Lipinski definition) is 2. The fraction of sp³-hybridized carbons (Fsp3) is 0.333. The van der Waals surface area contributed by atoms with Gasteiger partial charge in [0.05, 0.1) is 0 Å². The first-order valence-corrected chi connectivity index (χ1v) is 6.89. The first-order valence-electron chi connectivity index (χ1n) is 6.01. The topological polar surface area (TPSA) is 12.0 Å². The van der Waals surface area contributed by atoms with E-state index in [2.05, 4.69) is 48.8 Å². The van der Waals surface area contributed by atoms with Crippen LogP contribution in [0, 0.1) is 13.8 Å². The second-order valence-electron chi connectivity index (χ2n) is 4.42. The van der Waals surface area contributed by atoms with Crippen molar-refractivity contribution in [1.82, 2.24) is 5.32 Å². The molecule has 0 unspecified atom stereocenters. The predicted molar refractivity (Wildman–Crippen MR) is 76.9 cm³/mol. The van der Waals surface area contributed by atoms with E-state index in [1.807, 2.05) is 18.4 Å². The van der Waals surface area contributed by atoms with E-state index in [4.69, 9.17) is 0 Å². The normalized spacial score (nSPS) is 10.8. The van der Waals surface area contributed by atoms with Crippen molar-refractivity contribution in [2.45, 2.75) is 20.3 Å². The van der Waals surface area contributed by atoms with Gasteiger partial charge < -0.3 is 5.32 Å². The number of thiophene rings is 1. The summed E-state index contributed by atoms with van der Waals surface area (Å²) < 4.78 is 0. The van der Waals surface area contributed by atoms with Crippen molar-refractivity contribution in [3.05, 3.63) is 46.3 Å². The molecular weight excluding hydrogens is 226 g/mol. The van der Waals surface area contributed by atoms with Crippen LogP contribution in [-0.4, -0.2) is 13.6 Å². The summed E-state index contributed by atoms with van der Waals surface area (Å²) in [7, 11) is 2.00. The Labute approximate surface area is 108 Å². The molecule has 1 N–H and O–H groups in total. The zero-order valence-electron chi connectivity index (χ0n) is 10.7. The third kappa shape index (κ3) is 2.76. The molecule has 2 rings (SSSR count). The van der Waals surface area contributed by atoms with Gasteiger partial charge in [-0.05, 0) is 67.6 Å². The molecule has 1 nitrogen and oxygen atoms in total. The quantitative estimate of drug-likeness (QED) is 0.864. The maximum absolute atomic E-state index is 3.19. The summed E-state index contributed by atoms with van der Waals surface area (Å²) in [6.07, 6.45) is 1.11. The van der Waals surface area contributed by atoms with Crippen molar-refractivity contribution >= 4 is 11.3 Å². The Kier molecular flexibility index (Phi) is 3.97. The molecule has 0 radical (unpaired) electrons. The number of benzene rings is 1. The van der Waals surface area contributed by atoms with E-state index in [1.54, 1.807) is 0 Å². The molecule has 1 aromatic carbocycles. The van der Waals surface area contributed by atoms with Gasteiger partial charge >= 0.3 is 0 Å². The average Bonchev–Trinajstić information content (AvgIpc) is 2.78. The lowest BCUT2D eigenvalue weighted by Gasteiger charge is -2.05. The second-order valence-corrected chi connectivity index (χ2v) is 5.33. The van der Waals surface area contributed by atoms with Gasteiger partial charge in [-0.2, -0.15) is 0 Å². The van der Waals surface area contributed by atoms with Crippen molar-refractivity contribution in [2.24, 2.45) is 0 Å². The van der Waals surface area contributed by atoms with Crippen LogP contribution in [0.5, 0.6) is 0 Å². The van der Waals surface area contributed by atoms with Gasteiger partial charge in [-0.25, -0.2) is 0 Å². The standard InChI is InChI=1S/C15H19NS/c1-11-5-4-6-14(12(11)2)15-9-13(10-17-15)7-8-16-3/h4-6,9-10,16H,7-8H2,1-3H3. The van der Waals surface area contributed by atoms with Crippen molar-refractivity contribution in [1.29, 1.82) is 0 Å². The molecule has 2 aromatic rings. The molecule has 0 atom stereocenters. The van der Waals surface area contributed by atoms with Crippen LogP contribution in [0.4, 0.5) is 0 Å². The first kappa shape index (κ1) is 12.3. The number of rotatable bonds is 4. The zero-order chi connectivity index (χ0) is 12.3. The van der Waals surface area contributed by atoms with Gasteiger partial charge in [-0.3, -0.25) is 0 Å². The SMILES string of the molecule is CNCCc1csc(-c2cccc(C)c2C)c1. The van der Waals surface area contributed by atoms with Gasteiger partial charge in [0, 0.05) is 4.88 Å². The van der Waals surface area contributed by atoms with E-state index in [0.29, 0.717) is 0 Å². The largest absolute Gasteiger partial charge is 0.319 e. The minimum absolute atomic E-state index is 1.04. The molecule has 0 aliphatic heterocycles. The zero-order valence-corrected chi connectivity index (χ0v) is 11.5. The van der Waals surface area contributed by atoms with Crippen LogP contribution in [-0.2, 0) is 6.42 Å². The predicted octanol–water partition coefficient (Wildman–Crippen LogP) is 3.79. The maximum Gasteiger partial charge on any atom is 0.0348 e. The van der Waals surface area contributed by atoms with Crippen LogP contribution in [0.1, 0.15) is 16.7 Å². The molecule has 0 saturated carbocycles. The van der Waals surface area contributed by atoms with E-state index < -0.39 is 0 Å². The highest BCUT2D eigenvalue weighted by molar-refractivity contribution is 7.13. The van der Waals surface area contributed by atoms with Crippen molar-refractivity contribution < 1.29 is 0 Å². The maximum atomic E-state index is 3.19. The van der Waals surface area contributed by atoms with Crippen molar-refractivity contribution in [3.63, 3.8) is 0 Å². The van der Waals surface area contributed by atoms with E-state index in [-0.39, 0.29) is 0 Å². The summed E-state index contributed by atoms with van der Waals surface area (Å²) in [4.78, 5) is 1.39. The van der Waals surface area contributed by atoms with E-state index in [0.717, 1.165) is 13.0 Å².